The van der Waals surface area contributed by atoms with Crippen LogP contribution < -0.4 is 5.32 Å². The van der Waals surface area contributed by atoms with Crippen molar-refractivity contribution in [1.29, 1.82) is 0 Å². The third kappa shape index (κ3) is 2.61. The van der Waals surface area contributed by atoms with Crippen LogP contribution in [-0.4, -0.2) is 28.2 Å². The highest BCUT2D eigenvalue weighted by Crippen LogP contribution is 2.19. The van der Waals surface area contributed by atoms with Crippen LogP contribution in [0.15, 0.2) is 22.9 Å². The molecule has 0 unspecified atom stereocenters. The summed E-state index contributed by atoms with van der Waals surface area (Å²) in [4.78, 5) is 7.49. The number of hydrogen-bond acceptors (Lipinski definition) is 4. The van der Waals surface area contributed by atoms with Gasteiger partial charge in [-0.05, 0) is 50.4 Å². The van der Waals surface area contributed by atoms with E-state index in [-0.39, 0.29) is 0 Å². The standard InChI is InChI=1S/C13H18N4O/c1-2-11(15-7-1)13-16-12(18-17-13)4-3-10-5-8-14-9-6-10/h1-2,7,10,14-15H,3-6,8-9H2. The number of rotatable bonds is 4. The van der Waals surface area contributed by atoms with Crippen molar-refractivity contribution >= 4 is 0 Å². The van der Waals surface area contributed by atoms with E-state index >= 15 is 0 Å². The molecule has 3 heterocycles. The number of hydrogen-bond donors (Lipinski definition) is 2. The van der Waals surface area contributed by atoms with E-state index in [1.54, 1.807) is 0 Å². The Balaban J connectivity index is 1.57. The zero-order valence-electron chi connectivity index (χ0n) is 10.4. The Kier molecular flexibility index (Phi) is 3.41. The lowest BCUT2D eigenvalue weighted by Crippen LogP contribution is -2.27. The lowest BCUT2D eigenvalue weighted by molar-refractivity contribution is 0.324. The van der Waals surface area contributed by atoms with E-state index in [9.17, 15) is 0 Å². The molecule has 5 nitrogen and oxygen atoms in total. The van der Waals surface area contributed by atoms with Gasteiger partial charge in [0.2, 0.25) is 11.7 Å². The van der Waals surface area contributed by atoms with Gasteiger partial charge in [-0.3, -0.25) is 0 Å². The van der Waals surface area contributed by atoms with Crippen molar-refractivity contribution in [3.8, 4) is 11.5 Å². The molecule has 1 aliphatic heterocycles. The highest BCUT2D eigenvalue weighted by molar-refractivity contribution is 5.47. The summed E-state index contributed by atoms with van der Waals surface area (Å²) in [6.07, 6.45) is 6.42. The molecule has 0 aliphatic carbocycles. The van der Waals surface area contributed by atoms with Gasteiger partial charge in [-0.1, -0.05) is 5.16 Å². The van der Waals surface area contributed by atoms with Crippen molar-refractivity contribution in [2.75, 3.05) is 13.1 Å². The van der Waals surface area contributed by atoms with Crippen molar-refractivity contribution in [2.24, 2.45) is 5.92 Å². The largest absolute Gasteiger partial charge is 0.359 e. The number of nitrogens with one attached hydrogen (secondary N) is 2. The van der Waals surface area contributed by atoms with E-state index in [4.69, 9.17) is 4.52 Å². The third-order valence-electron chi connectivity index (χ3n) is 3.53. The highest BCUT2D eigenvalue weighted by Gasteiger charge is 2.15. The predicted octanol–water partition coefficient (Wildman–Crippen LogP) is 2.00. The first kappa shape index (κ1) is 11.5. The quantitative estimate of drug-likeness (QED) is 0.866. The van der Waals surface area contributed by atoms with Crippen LogP contribution in [0.3, 0.4) is 0 Å². The summed E-state index contributed by atoms with van der Waals surface area (Å²) >= 11 is 0. The lowest BCUT2D eigenvalue weighted by atomic mass is 9.93. The summed E-state index contributed by atoms with van der Waals surface area (Å²) in [6, 6.07) is 3.88. The van der Waals surface area contributed by atoms with Crippen LogP contribution in [-0.2, 0) is 6.42 Å². The molecular weight excluding hydrogens is 228 g/mol. The Morgan fingerprint density at radius 3 is 3.00 bits per heavy atom. The zero-order chi connectivity index (χ0) is 12.2. The van der Waals surface area contributed by atoms with Gasteiger partial charge in [0.15, 0.2) is 0 Å². The molecule has 0 amide bonds. The first-order valence-corrected chi connectivity index (χ1v) is 6.59. The second kappa shape index (κ2) is 5.35. The molecule has 3 rings (SSSR count). The van der Waals surface area contributed by atoms with Gasteiger partial charge >= 0.3 is 0 Å². The molecule has 0 saturated carbocycles. The third-order valence-corrected chi connectivity index (χ3v) is 3.53. The molecule has 1 aliphatic rings. The Morgan fingerprint density at radius 2 is 2.22 bits per heavy atom. The van der Waals surface area contributed by atoms with E-state index in [0.717, 1.165) is 43.4 Å². The summed E-state index contributed by atoms with van der Waals surface area (Å²) in [7, 11) is 0. The van der Waals surface area contributed by atoms with E-state index in [1.165, 1.54) is 12.8 Å². The molecule has 2 N–H and O–H groups in total. The summed E-state index contributed by atoms with van der Waals surface area (Å²) in [6.45, 7) is 2.28. The average Bonchev–Trinajstić information content (AvgIpc) is 3.08. The lowest BCUT2D eigenvalue weighted by Gasteiger charge is -2.21. The second-order valence-corrected chi connectivity index (χ2v) is 4.83. The minimum Gasteiger partial charge on any atom is -0.359 e. The van der Waals surface area contributed by atoms with Crippen molar-refractivity contribution in [3.05, 3.63) is 24.2 Å². The van der Waals surface area contributed by atoms with Crippen LogP contribution in [0, 0.1) is 5.92 Å². The molecule has 2 aromatic heterocycles. The van der Waals surface area contributed by atoms with E-state index in [0.29, 0.717) is 5.82 Å². The van der Waals surface area contributed by atoms with E-state index in [1.807, 2.05) is 18.3 Å². The maximum Gasteiger partial charge on any atom is 0.227 e. The van der Waals surface area contributed by atoms with Gasteiger partial charge < -0.3 is 14.8 Å². The molecule has 5 heteroatoms. The average molecular weight is 246 g/mol. The molecule has 18 heavy (non-hydrogen) atoms. The van der Waals surface area contributed by atoms with Gasteiger partial charge in [0.25, 0.3) is 0 Å². The van der Waals surface area contributed by atoms with Crippen LogP contribution in [0.5, 0.6) is 0 Å². The summed E-state index contributed by atoms with van der Waals surface area (Å²) < 4.78 is 5.28. The minimum atomic E-state index is 0.653. The molecule has 0 bridgehead atoms. The number of nitrogens with zero attached hydrogens (tertiary/aromatic N) is 2. The van der Waals surface area contributed by atoms with Crippen LogP contribution >= 0.6 is 0 Å². The SMILES string of the molecule is c1c[nH]c(-c2noc(CCC3CCNCC3)n2)c1. The fourth-order valence-corrected chi connectivity index (χ4v) is 2.43. The smallest absolute Gasteiger partial charge is 0.227 e. The molecule has 1 saturated heterocycles. The Labute approximate surface area is 106 Å². The summed E-state index contributed by atoms with van der Waals surface area (Å²) in [5.41, 5.74) is 0.909. The number of H-pyrrole nitrogens is 1. The number of aryl methyl sites for hydroxylation is 1. The highest BCUT2D eigenvalue weighted by atomic mass is 16.5. The Morgan fingerprint density at radius 1 is 1.33 bits per heavy atom. The first-order chi connectivity index (χ1) is 8.92. The van der Waals surface area contributed by atoms with Gasteiger partial charge in [-0.15, -0.1) is 0 Å². The van der Waals surface area contributed by atoms with Gasteiger partial charge in [0.05, 0.1) is 5.69 Å². The van der Waals surface area contributed by atoms with Gasteiger partial charge in [0, 0.05) is 12.6 Å². The fraction of sp³-hybridized carbons (Fsp3) is 0.538. The van der Waals surface area contributed by atoms with Crippen LogP contribution in [0.4, 0.5) is 0 Å². The van der Waals surface area contributed by atoms with Gasteiger partial charge in [-0.2, -0.15) is 4.98 Å². The number of piperidine rings is 1. The van der Waals surface area contributed by atoms with Crippen molar-refractivity contribution < 1.29 is 4.52 Å². The van der Waals surface area contributed by atoms with Crippen LogP contribution in [0.25, 0.3) is 11.5 Å². The summed E-state index contributed by atoms with van der Waals surface area (Å²) in [5, 5.41) is 7.37. The normalized spacial score (nSPS) is 17.1. The van der Waals surface area contributed by atoms with Crippen molar-refractivity contribution in [2.45, 2.75) is 25.7 Å². The first-order valence-electron chi connectivity index (χ1n) is 6.59. The topological polar surface area (TPSA) is 66.7 Å². The molecule has 0 spiro atoms. The maximum absolute atomic E-state index is 5.28. The number of aromatic amines is 1. The maximum atomic E-state index is 5.28. The molecule has 1 fully saturated rings. The van der Waals surface area contributed by atoms with Crippen molar-refractivity contribution in [1.82, 2.24) is 20.4 Å². The molecule has 2 aromatic rings. The molecule has 0 radical (unpaired) electrons. The van der Waals surface area contributed by atoms with Gasteiger partial charge in [-0.25, -0.2) is 0 Å². The fourth-order valence-electron chi connectivity index (χ4n) is 2.43. The monoisotopic (exact) mass is 246 g/mol. The zero-order valence-corrected chi connectivity index (χ0v) is 10.4. The van der Waals surface area contributed by atoms with Crippen LogP contribution in [0.1, 0.15) is 25.2 Å². The van der Waals surface area contributed by atoms with E-state index in [2.05, 4.69) is 20.4 Å². The molecular formula is C13H18N4O. The second-order valence-electron chi connectivity index (χ2n) is 4.83. The molecule has 0 aromatic carbocycles. The molecule has 96 valence electrons. The van der Waals surface area contributed by atoms with Crippen molar-refractivity contribution in [3.63, 3.8) is 0 Å². The Hall–Kier alpha value is -1.62. The molecule has 0 atom stereocenters. The van der Waals surface area contributed by atoms with E-state index < -0.39 is 0 Å². The summed E-state index contributed by atoms with van der Waals surface area (Å²) in [5.74, 6) is 2.20. The minimum absolute atomic E-state index is 0.653. The number of aromatic nitrogens is 3. The van der Waals surface area contributed by atoms with Crippen LogP contribution in [0.2, 0.25) is 0 Å². The predicted molar refractivity (Wildman–Crippen MR) is 68.0 cm³/mol. The van der Waals surface area contributed by atoms with Gasteiger partial charge in [0.1, 0.15) is 0 Å². The Bertz CT molecular complexity index is 471.